The van der Waals surface area contributed by atoms with E-state index in [1.165, 1.54) is 0 Å². The van der Waals surface area contributed by atoms with Gasteiger partial charge in [0.2, 0.25) is 0 Å². The van der Waals surface area contributed by atoms with Crippen molar-refractivity contribution in [1.82, 2.24) is 19.9 Å². The van der Waals surface area contributed by atoms with Crippen LogP contribution >= 0.6 is 0 Å². The third kappa shape index (κ3) is 3.11. The van der Waals surface area contributed by atoms with Gasteiger partial charge in [-0.25, -0.2) is 9.97 Å². The van der Waals surface area contributed by atoms with E-state index in [2.05, 4.69) is 15.3 Å². The third-order valence-electron chi connectivity index (χ3n) is 3.66. The molecule has 1 aliphatic heterocycles. The first-order valence-electron chi connectivity index (χ1n) is 7.11. The summed E-state index contributed by atoms with van der Waals surface area (Å²) in [5.74, 6) is 0.610. The number of hydrogen-bond acceptors (Lipinski definition) is 4. The van der Waals surface area contributed by atoms with Crippen LogP contribution in [-0.2, 0) is 4.74 Å². The van der Waals surface area contributed by atoms with Gasteiger partial charge in [-0.1, -0.05) is 0 Å². The molecule has 110 valence electrons. The van der Waals surface area contributed by atoms with Gasteiger partial charge in [-0.05, 0) is 31.9 Å². The van der Waals surface area contributed by atoms with Gasteiger partial charge < -0.3 is 10.1 Å². The predicted octanol–water partition coefficient (Wildman–Crippen LogP) is 1.56. The van der Waals surface area contributed by atoms with Crippen LogP contribution in [0.3, 0.4) is 0 Å². The molecule has 1 fully saturated rings. The summed E-state index contributed by atoms with van der Waals surface area (Å²) in [6.45, 7) is 2.76. The van der Waals surface area contributed by atoms with Crippen LogP contribution in [0.15, 0.2) is 37.1 Å². The molecule has 2 aromatic heterocycles. The minimum absolute atomic E-state index is 0.00771. The van der Waals surface area contributed by atoms with E-state index in [1.54, 1.807) is 35.4 Å². The largest absolute Gasteiger partial charge is 0.376 e. The van der Waals surface area contributed by atoms with E-state index in [9.17, 15) is 4.79 Å². The highest BCUT2D eigenvalue weighted by Gasteiger charge is 2.24. The topological polar surface area (TPSA) is 69.0 Å². The van der Waals surface area contributed by atoms with Gasteiger partial charge in [0, 0.05) is 25.2 Å². The van der Waals surface area contributed by atoms with E-state index in [0.29, 0.717) is 5.56 Å². The van der Waals surface area contributed by atoms with Gasteiger partial charge in [0.15, 0.2) is 0 Å². The highest BCUT2D eigenvalue weighted by Crippen LogP contribution is 2.15. The van der Waals surface area contributed by atoms with Crippen molar-refractivity contribution in [3.63, 3.8) is 0 Å². The van der Waals surface area contributed by atoms with E-state index in [4.69, 9.17) is 4.74 Å². The first kappa shape index (κ1) is 13.8. The normalized spacial score (nSPS) is 19.4. The van der Waals surface area contributed by atoms with Crippen molar-refractivity contribution in [3.8, 4) is 5.82 Å². The zero-order valence-corrected chi connectivity index (χ0v) is 11.9. The molecule has 21 heavy (non-hydrogen) atoms. The third-order valence-corrected chi connectivity index (χ3v) is 3.66. The first-order valence-corrected chi connectivity index (χ1v) is 7.11. The van der Waals surface area contributed by atoms with Crippen molar-refractivity contribution in [2.75, 3.05) is 6.61 Å². The predicted molar refractivity (Wildman–Crippen MR) is 77.3 cm³/mol. The number of hydrogen-bond donors (Lipinski definition) is 1. The van der Waals surface area contributed by atoms with Crippen molar-refractivity contribution in [3.05, 3.63) is 42.6 Å². The fourth-order valence-corrected chi connectivity index (χ4v) is 2.45. The number of nitrogens with zero attached hydrogens (tertiary/aromatic N) is 3. The van der Waals surface area contributed by atoms with Crippen LogP contribution in [-0.4, -0.2) is 39.2 Å². The molecular weight excluding hydrogens is 268 g/mol. The minimum Gasteiger partial charge on any atom is -0.376 e. The number of carbonyl (C=O) groups excluding carboxylic acids is 1. The van der Waals surface area contributed by atoms with Crippen molar-refractivity contribution in [2.24, 2.45) is 0 Å². The Bertz CT molecular complexity index is 589. The molecule has 2 atom stereocenters. The first-order chi connectivity index (χ1) is 10.2. The zero-order chi connectivity index (χ0) is 14.7. The second kappa shape index (κ2) is 6.05. The summed E-state index contributed by atoms with van der Waals surface area (Å²) in [4.78, 5) is 20.4. The standard InChI is InChI=1S/C15H18N4O2/c1-11(13-3-2-8-21-13)18-15(20)12-4-5-14(17-9-12)19-7-6-16-10-19/h4-7,9-11,13H,2-3,8H2,1H3,(H,18,20)/t11-,13-/m1/s1. The summed E-state index contributed by atoms with van der Waals surface area (Å²) in [5, 5.41) is 2.97. The van der Waals surface area contributed by atoms with Crippen molar-refractivity contribution >= 4 is 5.91 Å². The molecule has 0 aliphatic carbocycles. The second-order valence-electron chi connectivity index (χ2n) is 5.19. The zero-order valence-electron chi connectivity index (χ0n) is 11.9. The maximum atomic E-state index is 12.2. The maximum Gasteiger partial charge on any atom is 0.253 e. The number of carbonyl (C=O) groups is 1. The summed E-state index contributed by atoms with van der Waals surface area (Å²) >= 11 is 0. The van der Waals surface area contributed by atoms with Crippen LogP contribution in [0.5, 0.6) is 0 Å². The molecule has 6 heteroatoms. The van der Waals surface area contributed by atoms with Gasteiger partial charge in [-0.2, -0.15) is 0 Å². The monoisotopic (exact) mass is 286 g/mol. The Morgan fingerprint density at radius 1 is 1.52 bits per heavy atom. The Kier molecular flexibility index (Phi) is 3.96. The molecule has 1 amide bonds. The molecule has 0 unspecified atom stereocenters. The Hall–Kier alpha value is -2.21. The molecule has 1 N–H and O–H groups in total. The molecule has 6 nitrogen and oxygen atoms in total. The minimum atomic E-state index is -0.123. The van der Waals surface area contributed by atoms with Gasteiger partial charge in [-0.15, -0.1) is 0 Å². The van der Waals surface area contributed by atoms with E-state index >= 15 is 0 Å². The summed E-state index contributed by atoms with van der Waals surface area (Å²) in [6.07, 6.45) is 8.92. The Balaban J connectivity index is 1.64. The lowest BCUT2D eigenvalue weighted by Crippen LogP contribution is -2.40. The van der Waals surface area contributed by atoms with Gasteiger partial charge in [0.1, 0.15) is 12.1 Å². The molecule has 1 saturated heterocycles. The van der Waals surface area contributed by atoms with Gasteiger partial charge in [-0.3, -0.25) is 9.36 Å². The second-order valence-corrected chi connectivity index (χ2v) is 5.19. The highest BCUT2D eigenvalue weighted by atomic mass is 16.5. The van der Waals surface area contributed by atoms with Crippen LogP contribution in [0.25, 0.3) is 5.82 Å². The Morgan fingerprint density at radius 2 is 2.43 bits per heavy atom. The summed E-state index contributed by atoms with van der Waals surface area (Å²) < 4.78 is 7.37. The lowest BCUT2D eigenvalue weighted by molar-refractivity contribution is 0.0712. The van der Waals surface area contributed by atoms with Crippen LogP contribution in [0.2, 0.25) is 0 Å². The van der Waals surface area contributed by atoms with Crippen LogP contribution in [0.4, 0.5) is 0 Å². The number of aromatic nitrogens is 3. The highest BCUT2D eigenvalue weighted by molar-refractivity contribution is 5.94. The number of nitrogens with one attached hydrogen (secondary N) is 1. The molecule has 0 spiro atoms. The number of ether oxygens (including phenoxy) is 1. The Labute approximate surface area is 123 Å². The summed E-state index contributed by atoms with van der Waals surface area (Å²) in [5.41, 5.74) is 0.545. The van der Waals surface area contributed by atoms with Gasteiger partial charge >= 0.3 is 0 Å². The van der Waals surface area contributed by atoms with Crippen LogP contribution in [0, 0.1) is 0 Å². The molecule has 0 radical (unpaired) electrons. The SMILES string of the molecule is C[C@@H](NC(=O)c1ccc(-n2ccnc2)nc1)[C@H]1CCCO1. The van der Waals surface area contributed by atoms with Crippen molar-refractivity contribution < 1.29 is 9.53 Å². The smallest absolute Gasteiger partial charge is 0.253 e. The lowest BCUT2D eigenvalue weighted by atomic mass is 10.1. The van der Waals surface area contributed by atoms with E-state index in [1.807, 2.05) is 13.1 Å². The van der Waals surface area contributed by atoms with Crippen LogP contribution < -0.4 is 5.32 Å². The van der Waals surface area contributed by atoms with Gasteiger partial charge in [0.05, 0.1) is 17.7 Å². The average molecular weight is 286 g/mol. The molecule has 0 bridgehead atoms. The molecule has 2 aromatic rings. The molecule has 0 aromatic carbocycles. The fourth-order valence-electron chi connectivity index (χ4n) is 2.45. The summed E-state index contributed by atoms with van der Waals surface area (Å²) in [6, 6.07) is 3.57. The van der Waals surface area contributed by atoms with E-state index in [-0.39, 0.29) is 18.1 Å². The molecule has 3 heterocycles. The molecule has 0 saturated carbocycles. The van der Waals surface area contributed by atoms with Crippen molar-refractivity contribution in [1.29, 1.82) is 0 Å². The number of rotatable bonds is 4. The number of imidazole rings is 1. The fraction of sp³-hybridized carbons (Fsp3) is 0.400. The van der Waals surface area contributed by atoms with E-state index < -0.39 is 0 Å². The lowest BCUT2D eigenvalue weighted by Gasteiger charge is -2.19. The quantitative estimate of drug-likeness (QED) is 0.926. The summed E-state index contributed by atoms with van der Waals surface area (Å²) in [7, 11) is 0. The van der Waals surface area contributed by atoms with Crippen LogP contribution in [0.1, 0.15) is 30.1 Å². The molecule has 1 aliphatic rings. The molecule has 3 rings (SSSR count). The maximum absolute atomic E-state index is 12.2. The van der Waals surface area contributed by atoms with Gasteiger partial charge in [0.25, 0.3) is 5.91 Å². The average Bonchev–Trinajstić information content (AvgIpc) is 3.20. The number of pyridine rings is 1. The van der Waals surface area contributed by atoms with E-state index in [0.717, 1.165) is 25.3 Å². The Morgan fingerprint density at radius 3 is 3.05 bits per heavy atom. The van der Waals surface area contributed by atoms with Crippen molar-refractivity contribution in [2.45, 2.75) is 31.9 Å². The molecular formula is C15H18N4O2. The number of amides is 1.